The first-order valence-corrected chi connectivity index (χ1v) is 9.57. The molecule has 1 heterocycles. The summed E-state index contributed by atoms with van der Waals surface area (Å²) in [6.45, 7) is 6.52. The van der Waals surface area contributed by atoms with E-state index in [4.69, 9.17) is 4.74 Å². The average molecular weight is 390 g/mol. The van der Waals surface area contributed by atoms with Crippen molar-refractivity contribution < 1.29 is 9.53 Å². The molecule has 6 nitrogen and oxygen atoms in total. The van der Waals surface area contributed by atoms with Gasteiger partial charge in [0, 0.05) is 18.8 Å². The zero-order chi connectivity index (χ0) is 20.8. The Morgan fingerprint density at radius 3 is 2.59 bits per heavy atom. The van der Waals surface area contributed by atoms with Crippen LogP contribution in [0.4, 0.5) is 11.6 Å². The second-order valence-corrected chi connectivity index (χ2v) is 7.11. The molecule has 0 bridgehead atoms. The van der Waals surface area contributed by atoms with Crippen molar-refractivity contribution in [3.8, 4) is 5.75 Å². The summed E-state index contributed by atoms with van der Waals surface area (Å²) in [6.07, 6.45) is 1.59. The number of nitrogens with zero attached hydrogens (tertiary/aromatic N) is 3. The average Bonchev–Trinajstić information content (AvgIpc) is 2.72. The van der Waals surface area contributed by atoms with Gasteiger partial charge < -0.3 is 15.0 Å². The molecular weight excluding hydrogens is 364 g/mol. The SMILES string of the molecule is COc1ccc(C)cc1Nc1nccc(C(=O)N(Cc2ccccc2)C(C)C)n1. The predicted molar refractivity (Wildman–Crippen MR) is 114 cm³/mol. The highest BCUT2D eigenvalue weighted by Gasteiger charge is 2.21. The summed E-state index contributed by atoms with van der Waals surface area (Å²) in [5.74, 6) is 0.900. The van der Waals surface area contributed by atoms with Crippen LogP contribution in [0.2, 0.25) is 0 Å². The minimum absolute atomic E-state index is 0.0333. The first-order valence-electron chi connectivity index (χ1n) is 9.57. The van der Waals surface area contributed by atoms with Crippen molar-refractivity contribution in [2.45, 2.75) is 33.4 Å². The molecule has 0 aliphatic carbocycles. The van der Waals surface area contributed by atoms with E-state index in [-0.39, 0.29) is 11.9 Å². The number of hydrogen-bond acceptors (Lipinski definition) is 5. The number of ether oxygens (including phenoxy) is 1. The fourth-order valence-electron chi connectivity index (χ4n) is 2.99. The summed E-state index contributed by atoms with van der Waals surface area (Å²) in [6, 6.07) is 17.4. The van der Waals surface area contributed by atoms with E-state index in [0.29, 0.717) is 23.9 Å². The van der Waals surface area contributed by atoms with Crippen LogP contribution in [0.5, 0.6) is 5.75 Å². The van der Waals surface area contributed by atoms with Gasteiger partial charge in [-0.05, 0) is 50.1 Å². The van der Waals surface area contributed by atoms with Gasteiger partial charge in [0.2, 0.25) is 5.95 Å². The topological polar surface area (TPSA) is 67.3 Å². The normalized spacial score (nSPS) is 10.7. The van der Waals surface area contributed by atoms with Gasteiger partial charge in [0.1, 0.15) is 11.4 Å². The van der Waals surface area contributed by atoms with E-state index in [1.165, 1.54) is 0 Å². The number of aromatic nitrogens is 2. The number of amides is 1. The maximum Gasteiger partial charge on any atom is 0.273 e. The summed E-state index contributed by atoms with van der Waals surface area (Å²) in [7, 11) is 1.61. The molecule has 0 spiro atoms. The monoisotopic (exact) mass is 390 g/mol. The highest BCUT2D eigenvalue weighted by molar-refractivity contribution is 5.92. The maximum absolute atomic E-state index is 13.2. The van der Waals surface area contributed by atoms with Crippen molar-refractivity contribution in [2.24, 2.45) is 0 Å². The zero-order valence-electron chi connectivity index (χ0n) is 17.2. The summed E-state index contributed by atoms with van der Waals surface area (Å²) < 4.78 is 5.39. The summed E-state index contributed by atoms with van der Waals surface area (Å²) in [4.78, 5) is 23.7. The lowest BCUT2D eigenvalue weighted by atomic mass is 10.1. The molecule has 150 valence electrons. The van der Waals surface area contributed by atoms with Crippen molar-refractivity contribution in [3.05, 3.63) is 77.6 Å². The van der Waals surface area contributed by atoms with E-state index < -0.39 is 0 Å². The van der Waals surface area contributed by atoms with Crippen LogP contribution in [0.1, 0.15) is 35.5 Å². The molecule has 1 N–H and O–H groups in total. The Balaban J connectivity index is 1.84. The van der Waals surface area contributed by atoms with Crippen molar-refractivity contribution in [1.82, 2.24) is 14.9 Å². The third-order valence-electron chi connectivity index (χ3n) is 4.56. The lowest BCUT2D eigenvalue weighted by Gasteiger charge is -2.26. The number of hydrogen-bond donors (Lipinski definition) is 1. The van der Waals surface area contributed by atoms with Crippen LogP contribution < -0.4 is 10.1 Å². The van der Waals surface area contributed by atoms with Crippen molar-refractivity contribution in [1.29, 1.82) is 0 Å². The molecule has 1 aromatic heterocycles. The van der Waals surface area contributed by atoms with E-state index in [0.717, 1.165) is 16.8 Å². The smallest absolute Gasteiger partial charge is 0.273 e. The lowest BCUT2D eigenvalue weighted by molar-refractivity contribution is 0.0684. The molecule has 0 aliphatic rings. The van der Waals surface area contributed by atoms with Crippen LogP contribution in [-0.4, -0.2) is 33.9 Å². The van der Waals surface area contributed by atoms with Gasteiger partial charge in [-0.1, -0.05) is 36.4 Å². The Labute approximate surface area is 171 Å². The molecular formula is C23H26N4O2. The largest absolute Gasteiger partial charge is 0.495 e. The van der Waals surface area contributed by atoms with Crippen LogP contribution in [-0.2, 0) is 6.54 Å². The molecule has 0 saturated carbocycles. The molecule has 0 fully saturated rings. The summed E-state index contributed by atoms with van der Waals surface area (Å²) >= 11 is 0. The highest BCUT2D eigenvalue weighted by atomic mass is 16.5. The fraction of sp³-hybridized carbons (Fsp3) is 0.261. The standard InChI is InChI=1S/C23H26N4O2/c1-16(2)27(15-18-8-6-5-7-9-18)22(28)19-12-13-24-23(25-19)26-20-14-17(3)10-11-21(20)29-4/h5-14,16H,15H2,1-4H3,(H,24,25,26). The summed E-state index contributed by atoms with van der Waals surface area (Å²) in [5.41, 5.74) is 3.25. The second kappa shape index (κ2) is 9.19. The van der Waals surface area contributed by atoms with Gasteiger partial charge in [-0.15, -0.1) is 0 Å². The van der Waals surface area contributed by atoms with Gasteiger partial charge >= 0.3 is 0 Å². The number of methoxy groups -OCH3 is 1. The number of carbonyl (C=O) groups excluding carboxylic acids is 1. The quantitative estimate of drug-likeness (QED) is 0.639. The molecule has 2 aromatic carbocycles. The number of rotatable bonds is 7. The Morgan fingerprint density at radius 2 is 1.90 bits per heavy atom. The van der Waals surface area contributed by atoms with Crippen LogP contribution in [0, 0.1) is 6.92 Å². The molecule has 0 saturated heterocycles. The van der Waals surface area contributed by atoms with E-state index in [2.05, 4.69) is 15.3 Å². The first-order chi connectivity index (χ1) is 14.0. The molecule has 1 amide bonds. The maximum atomic E-state index is 13.2. The minimum Gasteiger partial charge on any atom is -0.495 e. The van der Waals surface area contributed by atoms with Crippen molar-refractivity contribution in [2.75, 3.05) is 12.4 Å². The highest BCUT2D eigenvalue weighted by Crippen LogP contribution is 2.27. The fourth-order valence-corrected chi connectivity index (χ4v) is 2.99. The predicted octanol–water partition coefficient (Wildman–Crippen LogP) is 4.59. The van der Waals surface area contributed by atoms with Gasteiger partial charge in [0.25, 0.3) is 5.91 Å². The molecule has 0 radical (unpaired) electrons. The summed E-state index contributed by atoms with van der Waals surface area (Å²) in [5, 5.41) is 3.16. The molecule has 0 atom stereocenters. The van der Waals surface area contributed by atoms with Gasteiger partial charge in [0.15, 0.2) is 0 Å². The Morgan fingerprint density at radius 1 is 1.14 bits per heavy atom. The number of nitrogens with one attached hydrogen (secondary N) is 1. The van der Waals surface area contributed by atoms with Gasteiger partial charge in [-0.2, -0.15) is 0 Å². The Bertz CT molecular complexity index is 974. The first kappa shape index (κ1) is 20.3. The van der Waals surface area contributed by atoms with Crippen molar-refractivity contribution in [3.63, 3.8) is 0 Å². The van der Waals surface area contributed by atoms with Gasteiger partial charge in [0.05, 0.1) is 12.8 Å². The molecule has 29 heavy (non-hydrogen) atoms. The number of carbonyl (C=O) groups is 1. The number of anilines is 2. The van der Waals surface area contributed by atoms with E-state index in [9.17, 15) is 4.79 Å². The van der Waals surface area contributed by atoms with Crippen molar-refractivity contribution >= 4 is 17.5 Å². The van der Waals surface area contributed by atoms with Crippen LogP contribution >= 0.6 is 0 Å². The second-order valence-electron chi connectivity index (χ2n) is 7.11. The molecule has 6 heteroatoms. The Hall–Kier alpha value is -3.41. The van der Waals surface area contributed by atoms with Crippen LogP contribution in [0.25, 0.3) is 0 Å². The van der Waals surface area contributed by atoms with E-state index >= 15 is 0 Å². The number of benzene rings is 2. The van der Waals surface area contributed by atoms with E-state index in [1.807, 2.05) is 69.3 Å². The molecule has 0 unspecified atom stereocenters. The van der Waals surface area contributed by atoms with Crippen LogP contribution in [0.15, 0.2) is 60.8 Å². The lowest BCUT2D eigenvalue weighted by Crippen LogP contribution is -2.37. The van der Waals surface area contributed by atoms with Crippen LogP contribution in [0.3, 0.4) is 0 Å². The third kappa shape index (κ3) is 5.10. The molecule has 3 rings (SSSR count). The van der Waals surface area contributed by atoms with E-state index in [1.54, 1.807) is 24.3 Å². The zero-order valence-corrected chi connectivity index (χ0v) is 17.2. The molecule has 3 aromatic rings. The Kier molecular flexibility index (Phi) is 6.44. The number of aryl methyl sites for hydroxylation is 1. The third-order valence-corrected chi connectivity index (χ3v) is 4.56. The van der Waals surface area contributed by atoms with Gasteiger partial charge in [-0.3, -0.25) is 4.79 Å². The molecule has 0 aliphatic heterocycles. The van der Waals surface area contributed by atoms with Gasteiger partial charge in [-0.25, -0.2) is 9.97 Å². The minimum atomic E-state index is -0.134.